The lowest BCUT2D eigenvalue weighted by atomic mass is 10.2. The van der Waals surface area contributed by atoms with E-state index in [0.717, 1.165) is 53.0 Å². The Morgan fingerprint density at radius 3 is 1.19 bits per heavy atom. The normalized spacial score (nSPS) is 15.9. The number of hydrogen-bond acceptors (Lipinski definition) is 13. The smallest absolute Gasteiger partial charge is 0.410 e. The van der Waals surface area contributed by atoms with Gasteiger partial charge in [0.25, 0.3) is 0 Å². The van der Waals surface area contributed by atoms with Crippen LogP contribution in [0.25, 0.3) is 0 Å². The zero-order valence-electron chi connectivity index (χ0n) is 40.5. The summed E-state index contributed by atoms with van der Waals surface area (Å²) in [6, 6.07) is 14.0. The van der Waals surface area contributed by atoms with Crippen LogP contribution in [0.5, 0.6) is 0 Å². The van der Waals surface area contributed by atoms with Gasteiger partial charge in [-0.3, -0.25) is 8.61 Å². The van der Waals surface area contributed by atoms with Crippen LogP contribution in [0.1, 0.15) is 41.5 Å². The van der Waals surface area contributed by atoms with Gasteiger partial charge >= 0.3 is 12.2 Å². The molecule has 22 heteroatoms. The summed E-state index contributed by atoms with van der Waals surface area (Å²) in [6.45, 7) is 18.2. The van der Waals surface area contributed by atoms with Crippen LogP contribution >= 0.6 is 0 Å². The molecule has 3 aromatic rings. The van der Waals surface area contributed by atoms with E-state index in [1.54, 1.807) is 47.2 Å². The highest BCUT2D eigenvalue weighted by Gasteiger charge is 2.29. The van der Waals surface area contributed by atoms with Crippen molar-refractivity contribution in [1.29, 1.82) is 0 Å². The number of hydrogen-bond donors (Lipinski definition) is 2. The predicted octanol–water partition coefficient (Wildman–Crippen LogP) is 5.83. The van der Waals surface area contributed by atoms with E-state index in [1.165, 1.54) is 32.3 Å². The molecule has 3 aliphatic rings. The van der Waals surface area contributed by atoms with E-state index in [0.29, 0.717) is 75.1 Å². The van der Waals surface area contributed by atoms with Gasteiger partial charge in [0.2, 0.25) is 20.0 Å². The number of nitrogens with one attached hydrogen (secondary N) is 2. The molecule has 67 heavy (non-hydrogen) atoms. The highest BCUT2D eigenvalue weighted by molar-refractivity contribution is 7.92. The summed E-state index contributed by atoms with van der Waals surface area (Å²) >= 11 is 0. The van der Waals surface area contributed by atoms with E-state index in [4.69, 9.17) is 9.47 Å². The molecule has 0 bridgehead atoms. The molecule has 0 unspecified atom stereocenters. The summed E-state index contributed by atoms with van der Waals surface area (Å²) in [5.41, 5.74) is 1.77. The van der Waals surface area contributed by atoms with Crippen molar-refractivity contribution < 1.29 is 49.1 Å². The summed E-state index contributed by atoms with van der Waals surface area (Å²) < 4.78 is 101. The Hall–Kier alpha value is -5.35. The van der Waals surface area contributed by atoms with Crippen LogP contribution in [-0.4, -0.2) is 162 Å². The van der Waals surface area contributed by atoms with Crippen LogP contribution in [0.15, 0.2) is 54.6 Å². The Morgan fingerprint density at radius 1 is 0.567 bits per heavy atom. The lowest BCUT2D eigenvalue weighted by Crippen LogP contribution is -2.50. The number of benzene rings is 3. The van der Waals surface area contributed by atoms with Crippen LogP contribution in [0.3, 0.4) is 0 Å². The number of rotatable bonds is 8. The van der Waals surface area contributed by atoms with Gasteiger partial charge in [0, 0.05) is 118 Å². The molecular weight excluding hydrogens is 916 g/mol. The number of ether oxygens (including phenoxy) is 2. The molecule has 2 amide bonds. The fourth-order valence-corrected chi connectivity index (χ4v) is 8.01. The largest absolute Gasteiger partial charge is 0.444 e. The maximum atomic E-state index is 14.5. The number of carbonyl (C=O) groups is 2. The number of carbonyl (C=O) groups excluding carboxylic acids is 2. The highest BCUT2D eigenvalue weighted by Crippen LogP contribution is 2.29. The van der Waals surface area contributed by atoms with Crippen molar-refractivity contribution in [3.8, 4) is 0 Å². The van der Waals surface area contributed by atoms with Crippen molar-refractivity contribution in [2.45, 2.75) is 52.7 Å². The second kappa shape index (κ2) is 22.6. The SMILES string of the molecule is CN(c1ccc(N2CCN(C(=O)OC(C)(C)C)CC2)c(F)c1)S(C)(=O)=O.CN(c1ccc(N2CCNCC2)c(F)c1)S(C)(=O)=O.CNc1ccc(N2CCN(C(=O)OC(C)(C)C)CC2)c(F)c1. The first-order valence-corrected chi connectivity index (χ1v) is 25.6. The average Bonchev–Trinajstić information content (AvgIpc) is 3.25. The van der Waals surface area contributed by atoms with Gasteiger partial charge in [0.05, 0.1) is 40.9 Å². The standard InChI is InChI=1S/C17H26FN3O4S.C16H24FN3O2.C12H18FN3O2S/c1-17(2,3)25-16(22)21-10-8-20(9-11-21)15-7-6-13(12-14(15)18)19(4)26(5,23)24;1-16(2,3)22-15(21)20-9-7-19(8-10-20)14-6-5-12(18-4)11-13(14)17;1-15(19(2,17)18)10-3-4-12(11(13)9-10)16-7-5-14-6-8-16/h6-7,12H,8-11H2,1-5H3;5-6,11,18H,7-10H2,1-4H3;3-4,9,14H,5-8H2,1-2H3. The number of halogens is 3. The second-order valence-corrected chi connectivity index (χ2v) is 22.3. The number of nitrogens with zero attached hydrogens (tertiary/aromatic N) is 7. The van der Waals surface area contributed by atoms with E-state index in [1.807, 2.05) is 62.3 Å². The fraction of sp³-hybridized carbons (Fsp3) is 0.556. The van der Waals surface area contributed by atoms with E-state index in [2.05, 4.69) is 10.6 Å². The topological polar surface area (TPSA) is 168 Å². The maximum absolute atomic E-state index is 14.5. The summed E-state index contributed by atoms with van der Waals surface area (Å²) in [5.74, 6) is -1.14. The molecule has 0 atom stereocenters. The summed E-state index contributed by atoms with van der Waals surface area (Å²) in [6.07, 6.45) is 1.48. The van der Waals surface area contributed by atoms with Gasteiger partial charge in [-0.05, 0) is 84.0 Å². The maximum Gasteiger partial charge on any atom is 0.410 e. The molecule has 374 valence electrons. The minimum atomic E-state index is -3.45. The zero-order valence-corrected chi connectivity index (χ0v) is 42.2. The molecule has 3 heterocycles. The van der Waals surface area contributed by atoms with Crippen molar-refractivity contribution in [2.75, 3.05) is 141 Å². The monoisotopic (exact) mass is 983 g/mol. The molecule has 0 spiro atoms. The number of sulfonamides is 2. The van der Waals surface area contributed by atoms with Crippen LogP contribution < -0.4 is 33.9 Å². The van der Waals surface area contributed by atoms with E-state index < -0.39 is 42.9 Å². The van der Waals surface area contributed by atoms with Crippen molar-refractivity contribution in [1.82, 2.24) is 15.1 Å². The summed E-state index contributed by atoms with van der Waals surface area (Å²) in [4.78, 5) is 33.1. The van der Waals surface area contributed by atoms with Gasteiger partial charge in [-0.15, -0.1) is 0 Å². The minimum Gasteiger partial charge on any atom is -0.444 e. The molecule has 0 radical (unpaired) electrons. The first kappa shape index (κ1) is 54.3. The van der Waals surface area contributed by atoms with Gasteiger partial charge in [-0.1, -0.05) is 0 Å². The third kappa shape index (κ3) is 16.2. The van der Waals surface area contributed by atoms with Gasteiger partial charge in [-0.2, -0.15) is 0 Å². The second-order valence-electron chi connectivity index (χ2n) is 18.3. The summed E-state index contributed by atoms with van der Waals surface area (Å²) in [7, 11) is -2.27. The van der Waals surface area contributed by atoms with E-state index in [9.17, 15) is 39.6 Å². The molecule has 3 saturated heterocycles. The van der Waals surface area contributed by atoms with Crippen LogP contribution in [0.4, 0.5) is 56.9 Å². The number of amides is 2. The fourth-order valence-electron chi connectivity index (χ4n) is 7.02. The molecular formula is C45H68F3N9O8S2. The molecule has 0 saturated carbocycles. The van der Waals surface area contributed by atoms with Gasteiger partial charge in [0.15, 0.2) is 0 Å². The lowest BCUT2D eigenvalue weighted by Gasteiger charge is -2.37. The third-order valence-corrected chi connectivity index (χ3v) is 13.2. The Morgan fingerprint density at radius 2 is 0.896 bits per heavy atom. The lowest BCUT2D eigenvalue weighted by molar-refractivity contribution is 0.0230. The Balaban J connectivity index is 0.000000222. The minimum absolute atomic E-state index is 0.252. The van der Waals surface area contributed by atoms with Crippen LogP contribution in [0, 0.1) is 17.5 Å². The quantitative estimate of drug-likeness (QED) is 0.277. The highest BCUT2D eigenvalue weighted by atomic mass is 32.2. The van der Waals surface area contributed by atoms with E-state index >= 15 is 0 Å². The first-order chi connectivity index (χ1) is 31.1. The Bertz CT molecular complexity index is 2380. The Labute approximate surface area is 394 Å². The molecule has 0 aromatic heterocycles. The molecule has 0 aliphatic carbocycles. The molecule has 2 N–H and O–H groups in total. The molecule has 17 nitrogen and oxygen atoms in total. The van der Waals surface area contributed by atoms with Crippen molar-refractivity contribution in [2.24, 2.45) is 0 Å². The van der Waals surface area contributed by atoms with E-state index in [-0.39, 0.29) is 23.7 Å². The average molecular weight is 984 g/mol. The molecule has 3 aliphatic heterocycles. The number of anilines is 6. The van der Waals surface area contributed by atoms with Crippen molar-refractivity contribution in [3.63, 3.8) is 0 Å². The van der Waals surface area contributed by atoms with Gasteiger partial charge in [-0.25, -0.2) is 39.6 Å². The zero-order chi connectivity index (χ0) is 50.1. The Kier molecular flexibility index (Phi) is 18.3. The van der Waals surface area contributed by atoms with Crippen molar-refractivity contribution >= 4 is 66.4 Å². The molecule has 6 rings (SSSR count). The molecule has 3 fully saturated rings. The number of piperazine rings is 3. The van der Waals surface area contributed by atoms with Crippen LogP contribution in [-0.2, 0) is 29.5 Å². The predicted molar refractivity (Wildman–Crippen MR) is 260 cm³/mol. The molecule has 3 aromatic carbocycles. The first-order valence-electron chi connectivity index (χ1n) is 21.9. The van der Waals surface area contributed by atoms with Gasteiger partial charge in [0.1, 0.15) is 28.7 Å². The van der Waals surface area contributed by atoms with Gasteiger partial charge < -0.3 is 44.6 Å². The summed E-state index contributed by atoms with van der Waals surface area (Å²) in [5, 5.41) is 6.12. The van der Waals surface area contributed by atoms with Crippen molar-refractivity contribution in [3.05, 3.63) is 72.0 Å². The third-order valence-electron chi connectivity index (χ3n) is 10.8. The van der Waals surface area contributed by atoms with Crippen LogP contribution in [0.2, 0.25) is 0 Å².